The van der Waals surface area contributed by atoms with E-state index in [0.717, 1.165) is 5.56 Å². The second-order valence-corrected chi connectivity index (χ2v) is 4.24. The highest BCUT2D eigenvalue weighted by molar-refractivity contribution is 5.62. The molecule has 0 saturated carbocycles. The highest BCUT2D eigenvalue weighted by atomic mass is 16.5. The summed E-state index contributed by atoms with van der Waals surface area (Å²) in [6, 6.07) is 6.69. The van der Waals surface area contributed by atoms with E-state index in [0.29, 0.717) is 28.8 Å². The summed E-state index contributed by atoms with van der Waals surface area (Å²) in [6.45, 7) is 1.90. The normalized spacial score (nSPS) is 10.7. The quantitative estimate of drug-likeness (QED) is 0.789. The largest absolute Gasteiger partial charge is 0.504 e. The van der Waals surface area contributed by atoms with E-state index in [1.165, 1.54) is 13.2 Å². The van der Waals surface area contributed by atoms with Crippen molar-refractivity contribution in [2.24, 2.45) is 0 Å². The molecule has 6 nitrogen and oxygen atoms in total. The number of hydrogen-bond acceptors (Lipinski definition) is 6. The molecule has 0 aliphatic heterocycles. The van der Waals surface area contributed by atoms with Gasteiger partial charge in [-0.3, -0.25) is 0 Å². The van der Waals surface area contributed by atoms with Crippen molar-refractivity contribution in [2.45, 2.75) is 6.92 Å². The summed E-state index contributed by atoms with van der Waals surface area (Å²) in [5, 5.41) is 13.6. The van der Waals surface area contributed by atoms with Crippen LogP contribution in [0.5, 0.6) is 11.5 Å². The zero-order valence-electron chi connectivity index (χ0n) is 11.0. The van der Waals surface area contributed by atoms with Gasteiger partial charge in [0.15, 0.2) is 17.3 Å². The van der Waals surface area contributed by atoms with Gasteiger partial charge in [0.2, 0.25) is 5.82 Å². The Morgan fingerprint density at radius 3 is 2.75 bits per heavy atom. The molecule has 0 unspecified atom stereocenters. The molecule has 0 aliphatic carbocycles. The number of ether oxygens (including phenoxy) is 1. The van der Waals surface area contributed by atoms with Gasteiger partial charge in [0.25, 0.3) is 5.89 Å². The van der Waals surface area contributed by atoms with Gasteiger partial charge in [-0.2, -0.15) is 4.98 Å². The van der Waals surface area contributed by atoms with Crippen LogP contribution in [0, 0.1) is 6.92 Å². The first-order valence-corrected chi connectivity index (χ1v) is 5.94. The summed E-state index contributed by atoms with van der Waals surface area (Å²) in [5.74, 6) is 1.64. The number of hydrogen-bond donors (Lipinski definition) is 1. The number of aromatic nitrogens is 2. The predicted molar refractivity (Wildman–Crippen MR) is 70.4 cm³/mol. The molecule has 0 fully saturated rings. The second-order valence-electron chi connectivity index (χ2n) is 4.24. The number of aromatic hydroxyl groups is 1. The van der Waals surface area contributed by atoms with Crippen molar-refractivity contribution in [3.8, 4) is 34.5 Å². The van der Waals surface area contributed by atoms with Gasteiger partial charge in [0.1, 0.15) is 0 Å². The molecular weight excluding hydrogens is 260 g/mol. The van der Waals surface area contributed by atoms with Gasteiger partial charge in [0, 0.05) is 5.56 Å². The van der Waals surface area contributed by atoms with Crippen LogP contribution < -0.4 is 4.74 Å². The molecule has 0 bridgehead atoms. The Labute approximate surface area is 114 Å². The average molecular weight is 272 g/mol. The van der Waals surface area contributed by atoms with E-state index >= 15 is 0 Å². The van der Waals surface area contributed by atoms with Gasteiger partial charge in [-0.05, 0) is 36.8 Å². The summed E-state index contributed by atoms with van der Waals surface area (Å²) in [4.78, 5) is 4.26. The molecule has 0 saturated heterocycles. The summed E-state index contributed by atoms with van der Waals surface area (Å²) in [5.41, 5.74) is 1.53. The van der Waals surface area contributed by atoms with Gasteiger partial charge in [-0.15, -0.1) is 0 Å². The van der Waals surface area contributed by atoms with Crippen LogP contribution in [0.3, 0.4) is 0 Å². The first-order valence-electron chi connectivity index (χ1n) is 5.94. The summed E-state index contributed by atoms with van der Waals surface area (Å²) >= 11 is 0. The first kappa shape index (κ1) is 12.3. The van der Waals surface area contributed by atoms with Crippen molar-refractivity contribution in [3.63, 3.8) is 0 Å². The average Bonchev–Trinajstić information content (AvgIpc) is 3.07. The minimum atomic E-state index is 0.0129. The number of benzene rings is 1. The molecule has 20 heavy (non-hydrogen) atoms. The number of furan rings is 1. The molecule has 0 atom stereocenters. The van der Waals surface area contributed by atoms with Crippen LogP contribution in [0.25, 0.3) is 23.0 Å². The van der Waals surface area contributed by atoms with Crippen LogP contribution in [0.1, 0.15) is 5.56 Å². The number of aryl methyl sites for hydroxylation is 1. The number of rotatable bonds is 3. The molecule has 2 aromatic heterocycles. The number of phenolic OH excluding ortho intramolecular Hbond substituents is 1. The minimum absolute atomic E-state index is 0.0129. The Balaban J connectivity index is 1.98. The van der Waals surface area contributed by atoms with Gasteiger partial charge in [-0.25, -0.2) is 0 Å². The highest BCUT2D eigenvalue weighted by Gasteiger charge is 2.16. The molecule has 2 heterocycles. The molecule has 1 aromatic carbocycles. The Morgan fingerprint density at radius 1 is 1.25 bits per heavy atom. The molecule has 6 heteroatoms. The number of nitrogens with zero attached hydrogens (tertiary/aromatic N) is 2. The topological polar surface area (TPSA) is 81.5 Å². The van der Waals surface area contributed by atoms with Crippen molar-refractivity contribution >= 4 is 0 Å². The summed E-state index contributed by atoms with van der Waals surface area (Å²) < 4.78 is 15.5. The van der Waals surface area contributed by atoms with Crippen molar-refractivity contribution in [2.75, 3.05) is 7.11 Å². The van der Waals surface area contributed by atoms with Crippen LogP contribution in [-0.2, 0) is 0 Å². The summed E-state index contributed by atoms with van der Waals surface area (Å²) in [6.07, 6.45) is 1.57. The van der Waals surface area contributed by atoms with E-state index in [-0.39, 0.29) is 5.75 Å². The third-order valence-corrected chi connectivity index (χ3v) is 2.92. The Hall–Kier alpha value is -2.76. The van der Waals surface area contributed by atoms with Crippen molar-refractivity contribution in [1.29, 1.82) is 0 Å². The SMILES string of the molecule is COc1ccc(-c2nc(-c3occc3C)no2)cc1O. The molecule has 0 aliphatic rings. The monoisotopic (exact) mass is 272 g/mol. The van der Waals surface area contributed by atoms with Crippen molar-refractivity contribution < 1.29 is 18.8 Å². The van der Waals surface area contributed by atoms with Crippen LogP contribution in [0.4, 0.5) is 0 Å². The van der Waals surface area contributed by atoms with Crippen LogP contribution in [0.2, 0.25) is 0 Å². The fraction of sp³-hybridized carbons (Fsp3) is 0.143. The maximum absolute atomic E-state index is 9.75. The van der Waals surface area contributed by atoms with Crippen molar-refractivity contribution in [3.05, 3.63) is 36.1 Å². The molecule has 3 aromatic rings. The lowest BCUT2D eigenvalue weighted by Gasteiger charge is -2.03. The lowest BCUT2D eigenvalue weighted by molar-refractivity contribution is 0.373. The fourth-order valence-electron chi connectivity index (χ4n) is 1.86. The zero-order valence-corrected chi connectivity index (χ0v) is 11.0. The molecule has 0 spiro atoms. The van der Waals surface area contributed by atoms with Gasteiger partial charge in [-0.1, -0.05) is 5.16 Å². The van der Waals surface area contributed by atoms with Gasteiger partial charge >= 0.3 is 0 Å². The number of methoxy groups -OCH3 is 1. The lowest BCUT2D eigenvalue weighted by atomic mass is 10.2. The van der Waals surface area contributed by atoms with E-state index in [1.54, 1.807) is 18.4 Å². The zero-order chi connectivity index (χ0) is 14.1. The molecule has 0 radical (unpaired) electrons. The van der Waals surface area contributed by atoms with Crippen LogP contribution >= 0.6 is 0 Å². The molecule has 0 amide bonds. The standard InChI is InChI=1S/C14H12N2O4/c1-8-5-6-19-12(8)13-15-14(20-16-13)9-3-4-11(18-2)10(17)7-9/h3-7,17H,1-2H3. The summed E-state index contributed by atoms with van der Waals surface area (Å²) in [7, 11) is 1.49. The molecule has 1 N–H and O–H groups in total. The second kappa shape index (κ2) is 4.73. The van der Waals surface area contributed by atoms with Crippen LogP contribution in [0.15, 0.2) is 39.5 Å². The fourth-order valence-corrected chi connectivity index (χ4v) is 1.86. The highest BCUT2D eigenvalue weighted by Crippen LogP contribution is 2.31. The smallest absolute Gasteiger partial charge is 0.258 e. The van der Waals surface area contributed by atoms with E-state index < -0.39 is 0 Å². The lowest BCUT2D eigenvalue weighted by Crippen LogP contribution is -1.85. The third-order valence-electron chi connectivity index (χ3n) is 2.92. The van der Waals surface area contributed by atoms with E-state index in [9.17, 15) is 5.11 Å². The Kier molecular flexibility index (Phi) is 2.90. The Bertz CT molecular complexity index is 745. The molecule has 3 rings (SSSR count). The van der Waals surface area contributed by atoms with Gasteiger partial charge in [0.05, 0.1) is 13.4 Å². The molecule has 102 valence electrons. The van der Waals surface area contributed by atoms with E-state index in [1.807, 2.05) is 13.0 Å². The maximum atomic E-state index is 9.75. The van der Waals surface area contributed by atoms with E-state index in [2.05, 4.69) is 10.1 Å². The van der Waals surface area contributed by atoms with Gasteiger partial charge < -0.3 is 18.8 Å². The minimum Gasteiger partial charge on any atom is -0.504 e. The molecular formula is C14H12N2O4. The first-order chi connectivity index (χ1) is 9.69. The Morgan fingerprint density at radius 2 is 2.10 bits per heavy atom. The third kappa shape index (κ3) is 2.01. The van der Waals surface area contributed by atoms with Crippen molar-refractivity contribution in [1.82, 2.24) is 10.1 Å². The van der Waals surface area contributed by atoms with Crippen LogP contribution in [-0.4, -0.2) is 22.4 Å². The number of phenols is 1. The predicted octanol–water partition coefficient (Wildman–Crippen LogP) is 3.02. The maximum Gasteiger partial charge on any atom is 0.258 e. The van der Waals surface area contributed by atoms with E-state index in [4.69, 9.17) is 13.7 Å².